The molecule has 122 valence electrons. The van der Waals surface area contributed by atoms with Gasteiger partial charge in [-0.15, -0.1) is 0 Å². The molecule has 0 aliphatic heterocycles. The summed E-state index contributed by atoms with van der Waals surface area (Å²) < 4.78 is 11.5. The molecule has 23 heavy (non-hydrogen) atoms. The van der Waals surface area contributed by atoms with Crippen molar-refractivity contribution in [1.82, 2.24) is 5.32 Å². The Hall–Kier alpha value is -1.72. The van der Waals surface area contributed by atoms with E-state index >= 15 is 0 Å². The minimum atomic E-state index is -0.194. The van der Waals surface area contributed by atoms with Crippen LogP contribution in [-0.4, -0.2) is 19.1 Å². The van der Waals surface area contributed by atoms with Crippen LogP contribution in [-0.2, 0) is 11.3 Å². The highest BCUT2D eigenvalue weighted by Gasteiger charge is 2.06. The van der Waals surface area contributed by atoms with Crippen LogP contribution in [0.25, 0.3) is 0 Å². The molecule has 2 aromatic rings. The second kappa shape index (κ2) is 8.79. The molecule has 0 spiro atoms. The van der Waals surface area contributed by atoms with Crippen molar-refractivity contribution in [2.75, 3.05) is 13.2 Å². The highest BCUT2D eigenvalue weighted by molar-refractivity contribution is 9.10. The largest absolute Gasteiger partial charge is 0.494 e. The third-order valence-electron chi connectivity index (χ3n) is 2.98. The number of ether oxygens (including phenoxy) is 2. The highest BCUT2D eigenvalue weighted by Crippen LogP contribution is 2.27. The normalized spacial score (nSPS) is 10.2. The van der Waals surface area contributed by atoms with Crippen LogP contribution in [0.2, 0.25) is 5.02 Å². The maximum Gasteiger partial charge on any atom is 0.258 e. The Bertz CT molecular complexity index is 661. The van der Waals surface area contributed by atoms with E-state index in [-0.39, 0.29) is 12.5 Å². The van der Waals surface area contributed by atoms with Crippen molar-refractivity contribution >= 4 is 33.4 Å². The van der Waals surface area contributed by atoms with Gasteiger partial charge in [-0.05, 0) is 58.7 Å². The maximum absolute atomic E-state index is 11.8. The molecule has 1 amide bonds. The summed E-state index contributed by atoms with van der Waals surface area (Å²) in [5.41, 5.74) is 0.995. The van der Waals surface area contributed by atoms with Crippen LogP contribution in [0.5, 0.6) is 11.5 Å². The van der Waals surface area contributed by atoms with E-state index < -0.39 is 0 Å². The molecule has 6 heteroatoms. The summed E-state index contributed by atoms with van der Waals surface area (Å²) in [7, 11) is 0. The lowest BCUT2D eigenvalue weighted by Gasteiger charge is -2.09. The zero-order chi connectivity index (χ0) is 16.7. The van der Waals surface area contributed by atoms with E-state index in [1.807, 2.05) is 31.2 Å². The molecular formula is C17H17BrClNO3. The average molecular weight is 399 g/mol. The first-order valence-electron chi connectivity index (χ1n) is 7.14. The molecule has 0 saturated carbocycles. The van der Waals surface area contributed by atoms with Crippen LogP contribution in [0.15, 0.2) is 46.9 Å². The van der Waals surface area contributed by atoms with Gasteiger partial charge in [0.15, 0.2) is 6.61 Å². The summed E-state index contributed by atoms with van der Waals surface area (Å²) in [4.78, 5) is 11.8. The Balaban J connectivity index is 1.78. The summed E-state index contributed by atoms with van der Waals surface area (Å²) in [6.07, 6.45) is 0. The van der Waals surface area contributed by atoms with Crippen LogP contribution in [0.3, 0.4) is 0 Å². The third kappa shape index (κ3) is 5.77. The zero-order valence-corrected chi connectivity index (χ0v) is 15.0. The number of halogens is 2. The van der Waals surface area contributed by atoms with Gasteiger partial charge < -0.3 is 14.8 Å². The molecule has 1 N–H and O–H groups in total. The van der Waals surface area contributed by atoms with Crippen molar-refractivity contribution in [3.63, 3.8) is 0 Å². The van der Waals surface area contributed by atoms with Gasteiger partial charge in [-0.3, -0.25) is 4.79 Å². The minimum Gasteiger partial charge on any atom is -0.494 e. The molecule has 0 atom stereocenters. The van der Waals surface area contributed by atoms with E-state index in [0.717, 1.165) is 11.3 Å². The maximum atomic E-state index is 11.8. The SMILES string of the molecule is CCOc1ccc(CNC(=O)COc2ccc(Cl)cc2Br)cc1. The lowest BCUT2D eigenvalue weighted by atomic mass is 10.2. The predicted molar refractivity (Wildman–Crippen MR) is 94.1 cm³/mol. The van der Waals surface area contributed by atoms with Gasteiger partial charge >= 0.3 is 0 Å². The van der Waals surface area contributed by atoms with Gasteiger partial charge in [0.2, 0.25) is 0 Å². The van der Waals surface area contributed by atoms with Crippen LogP contribution in [0.1, 0.15) is 12.5 Å². The quantitative estimate of drug-likeness (QED) is 0.760. The molecule has 0 fully saturated rings. The number of hydrogen-bond acceptors (Lipinski definition) is 3. The van der Waals surface area contributed by atoms with Crippen LogP contribution in [0.4, 0.5) is 0 Å². The number of hydrogen-bond donors (Lipinski definition) is 1. The first kappa shape index (κ1) is 17.6. The molecule has 4 nitrogen and oxygen atoms in total. The lowest BCUT2D eigenvalue weighted by molar-refractivity contribution is -0.123. The van der Waals surface area contributed by atoms with Crippen molar-refractivity contribution in [2.24, 2.45) is 0 Å². The van der Waals surface area contributed by atoms with E-state index in [1.54, 1.807) is 18.2 Å². The molecule has 0 aliphatic carbocycles. The minimum absolute atomic E-state index is 0.0583. The Kier molecular flexibility index (Phi) is 6.74. The molecule has 0 radical (unpaired) electrons. The van der Waals surface area contributed by atoms with Crippen molar-refractivity contribution in [3.05, 3.63) is 57.5 Å². The van der Waals surface area contributed by atoms with Gasteiger partial charge in [-0.25, -0.2) is 0 Å². The van der Waals surface area contributed by atoms with Crippen molar-refractivity contribution < 1.29 is 14.3 Å². The number of nitrogens with one attached hydrogen (secondary N) is 1. The molecule has 2 rings (SSSR count). The summed E-state index contributed by atoms with van der Waals surface area (Å²) in [6, 6.07) is 12.7. The lowest BCUT2D eigenvalue weighted by Crippen LogP contribution is -2.28. The van der Waals surface area contributed by atoms with Gasteiger partial charge in [0.25, 0.3) is 5.91 Å². The van der Waals surface area contributed by atoms with Gasteiger partial charge in [-0.1, -0.05) is 23.7 Å². The number of amides is 1. The fourth-order valence-corrected chi connectivity index (χ4v) is 2.65. The fraction of sp³-hybridized carbons (Fsp3) is 0.235. The Morgan fingerprint density at radius 2 is 1.91 bits per heavy atom. The smallest absolute Gasteiger partial charge is 0.258 e. The fourth-order valence-electron chi connectivity index (χ4n) is 1.86. The van der Waals surface area contributed by atoms with Gasteiger partial charge in [0.05, 0.1) is 11.1 Å². The molecule has 0 bridgehead atoms. The van der Waals surface area contributed by atoms with Crippen LogP contribution in [0, 0.1) is 0 Å². The molecular weight excluding hydrogens is 382 g/mol. The summed E-state index contributed by atoms with van der Waals surface area (Å²) in [5.74, 6) is 1.20. The first-order valence-corrected chi connectivity index (χ1v) is 8.32. The van der Waals surface area contributed by atoms with Crippen molar-refractivity contribution in [1.29, 1.82) is 0 Å². The third-order valence-corrected chi connectivity index (χ3v) is 3.83. The highest BCUT2D eigenvalue weighted by atomic mass is 79.9. The molecule has 0 unspecified atom stereocenters. The topological polar surface area (TPSA) is 47.6 Å². The Morgan fingerprint density at radius 3 is 2.57 bits per heavy atom. The molecule has 0 saturated heterocycles. The number of carbonyl (C=O) groups excluding carboxylic acids is 1. The van der Waals surface area contributed by atoms with E-state index in [2.05, 4.69) is 21.2 Å². The molecule has 0 heterocycles. The second-order valence-electron chi connectivity index (χ2n) is 4.72. The number of carbonyl (C=O) groups is 1. The number of benzene rings is 2. The predicted octanol–water partition coefficient (Wildman–Crippen LogP) is 4.20. The average Bonchev–Trinajstić information content (AvgIpc) is 2.54. The van der Waals surface area contributed by atoms with Crippen LogP contribution < -0.4 is 14.8 Å². The number of rotatable bonds is 7. The van der Waals surface area contributed by atoms with E-state index in [4.69, 9.17) is 21.1 Å². The zero-order valence-electron chi connectivity index (χ0n) is 12.6. The standard InChI is InChI=1S/C17H17BrClNO3/c1-2-22-14-6-3-12(4-7-14)10-20-17(21)11-23-16-8-5-13(19)9-15(16)18/h3-9H,2,10-11H2,1H3,(H,20,21). The van der Waals surface area contributed by atoms with E-state index in [1.165, 1.54) is 0 Å². The summed E-state index contributed by atoms with van der Waals surface area (Å²) >= 11 is 9.19. The van der Waals surface area contributed by atoms with E-state index in [9.17, 15) is 4.79 Å². The monoisotopic (exact) mass is 397 g/mol. The summed E-state index contributed by atoms with van der Waals surface area (Å²) in [6.45, 7) is 2.95. The van der Waals surface area contributed by atoms with Gasteiger partial charge in [-0.2, -0.15) is 0 Å². The molecule has 2 aromatic carbocycles. The Labute approximate surface area is 148 Å². The molecule has 0 aliphatic rings. The molecule has 0 aromatic heterocycles. The van der Waals surface area contributed by atoms with Crippen LogP contribution >= 0.6 is 27.5 Å². The van der Waals surface area contributed by atoms with E-state index in [0.29, 0.717) is 28.4 Å². The first-order chi connectivity index (χ1) is 11.1. The second-order valence-corrected chi connectivity index (χ2v) is 6.01. The summed E-state index contributed by atoms with van der Waals surface area (Å²) in [5, 5.41) is 3.41. The van der Waals surface area contributed by atoms with Gasteiger partial charge in [0.1, 0.15) is 11.5 Å². The van der Waals surface area contributed by atoms with Crippen molar-refractivity contribution in [2.45, 2.75) is 13.5 Å². The van der Waals surface area contributed by atoms with Crippen molar-refractivity contribution in [3.8, 4) is 11.5 Å². The van der Waals surface area contributed by atoms with Gasteiger partial charge in [0, 0.05) is 11.6 Å². The Morgan fingerprint density at radius 1 is 1.17 bits per heavy atom.